The highest BCUT2D eigenvalue weighted by atomic mass is 16.5. The van der Waals surface area contributed by atoms with Crippen LogP contribution < -0.4 is 5.73 Å². The summed E-state index contributed by atoms with van der Waals surface area (Å²) in [4.78, 5) is 4.42. The van der Waals surface area contributed by atoms with Crippen LogP contribution in [0.1, 0.15) is 69.6 Å². The molecule has 1 saturated carbocycles. The van der Waals surface area contributed by atoms with E-state index in [2.05, 4.69) is 29.9 Å². The summed E-state index contributed by atoms with van der Waals surface area (Å²) in [5.74, 6) is 5.83. The van der Waals surface area contributed by atoms with Crippen LogP contribution in [-0.4, -0.2) is 10.1 Å². The van der Waals surface area contributed by atoms with E-state index >= 15 is 0 Å². The van der Waals surface area contributed by atoms with Crippen LogP contribution in [0.25, 0.3) is 0 Å². The van der Waals surface area contributed by atoms with E-state index in [0.29, 0.717) is 18.2 Å². The molecule has 1 fully saturated rings. The van der Waals surface area contributed by atoms with Gasteiger partial charge in [0, 0.05) is 12.3 Å². The van der Waals surface area contributed by atoms with E-state index in [-0.39, 0.29) is 6.04 Å². The van der Waals surface area contributed by atoms with Crippen LogP contribution in [0.3, 0.4) is 0 Å². The van der Waals surface area contributed by atoms with Crippen LogP contribution in [-0.2, 0) is 0 Å². The van der Waals surface area contributed by atoms with Gasteiger partial charge in [-0.15, -0.1) is 12.3 Å². The Labute approximate surface area is 115 Å². The van der Waals surface area contributed by atoms with Gasteiger partial charge in [-0.2, -0.15) is 4.98 Å². The summed E-state index contributed by atoms with van der Waals surface area (Å²) in [6.45, 7) is 4.60. The van der Waals surface area contributed by atoms with E-state index in [1.54, 1.807) is 0 Å². The molecule has 4 heteroatoms. The van der Waals surface area contributed by atoms with Crippen molar-refractivity contribution in [3.8, 4) is 12.3 Å². The Hall–Kier alpha value is -1.34. The molecule has 4 nitrogen and oxygen atoms in total. The lowest BCUT2D eigenvalue weighted by Crippen LogP contribution is -2.18. The summed E-state index contributed by atoms with van der Waals surface area (Å²) in [7, 11) is 0. The maximum absolute atomic E-state index is 5.87. The average molecular weight is 261 g/mol. The van der Waals surface area contributed by atoms with Crippen molar-refractivity contribution in [2.75, 3.05) is 0 Å². The van der Waals surface area contributed by atoms with Crippen LogP contribution in [0, 0.1) is 24.2 Å². The van der Waals surface area contributed by atoms with E-state index in [1.165, 1.54) is 12.8 Å². The van der Waals surface area contributed by atoms with Crippen molar-refractivity contribution in [3.05, 3.63) is 11.7 Å². The van der Waals surface area contributed by atoms with Crippen molar-refractivity contribution >= 4 is 0 Å². The van der Waals surface area contributed by atoms with E-state index in [1.807, 2.05) is 0 Å². The molecule has 19 heavy (non-hydrogen) atoms. The zero-order valence-corrected chi connectivity index (χ0v) is 11.8. The van der Waals surface area contributed by atoms with Gasteiger partial charge in [-0.25, -0.2) is 0 Å². The highest BCUT2D eigenvalue weighted by Gasteiger charge is 2.27. The number of hydrogen-bond donors (Lipinski definition) is 1. The Kier molecular flexibility index (Phi) is 4.60. The topological polar surface area (TPSA) is 64.9 Å². The predicted molar refractivity (Wildman–Crippen MR) is 74.2 cm³/mol. The first-order chi connectivity index (χ1) is 9.11. The Balaban J connectivity index is 1.95. The second-order valence-corrected chi connectivity index (χ2v) is 5.86. The lowest BCUT2D eigenvalue weighted by atomic mass is 9.77. The molecule has 0 amide bonds. The fraction of sp³-hybridized carbons (Fsp3) is 0.733. The summed E-state index contributed by atoms with van der Waals surface area (Å²) in [6.07, 6.45) is 10.5. The third kappa shape index (κ3) is 3.36. The summed E-state index contributed by atoms with van der Waals surface area (Å²) in [5.41, 5.74) is 5.87. The largest absolute Gasteiger partial charge is 0.338 e. The third-order valence-electron chi connectivity index (χ3n) is 4.19. The molecule has 1 aromatic rings. The van der Waals surface area contributed by atoms with Crippen molar-refractivity contribution in [1.29, 1.82) is 0 Å². The Morgan fingerprint density at radius 3 is 2.63 bits per heavy atom. The highest BCUT2D eigenvalue weighted by Crippen LogP contribution is 2.37. The molecule has 1 aliphatic rings. The molecule has 104 valence electrons. The van der Waals surface area contributed by atoms with Gasteiger partial charge in [0.1, 0.15) is 0 Å². The average Bonchev–Trinajstić information content (AvgIpc) is 2.89. The summed E-state index contributed by atoms with van der Waals surface area (Å²) < 4.78 is 5.22. The minimum Gasteiger partial charge on any atom is -0.338 e. The first-order valence-electron chi connectivity index (χ1n) is 7.14. The van der Waals surface area contributed by atoms with Gasteiger partial charge < -0.3 is 10.3 Å². The molecular weight excluding hydrogens is 238 g/mol. The monoisotopic (exact) mass is 261 g/mol. The zero-order valence-electron chi connectivity index (χ0n) is 11.8. The standard InChI is InChI=1S/C15H23N3O/c1-4-5-13(16)15-17-14(18-19-15)12-8-6-11(7-9-12)10(2)3/h1,10-13H,5-9,16H2,2-3H3. The molecule has 0 bridgehead atoms. The smallest absolute Gasteiger partial charge is 0.244 e. The van der Waals surface area contributed by atoms with Crippen LogP contribution in [0.15, 0.2) is 4.52 Å². The number of nitrogens with zero attached hydrogens (tertiary/aromatic N) is 2. The van der Waals surface area contributed by atoms with E-state index in [4.69, 9.17) is 16.7 Å². The fourth-order valence-electron chi connectivity index (χ4n) is 2.82. The van der Waals surface area contributed by atoms with Gasteiger partial charge in [0.2, 0.25) is 5.89 Å². The number of aromatic nitrogens is 2. The molecule has 1 aromatic heterocycles. The van der Waals surface area contributed by atoms with E-state index in [0.717, 1.165) is 30.5 Å². The fourth-order valence-corrected chi connectivity index (χ4v) is 2.82. The Morgan fingerprint density at radius 2 is 2.05 bits per heavy atom. The highest BCUT2D eigenvalue weighted by molar-refractivity contribution is 5.02. The molecule has 1 unspecified atom stereocenters. The SMILES string of the molecule is C#CCC(N)c1nc(C2CCC(C(C)C)CC2)no1. The van der Waals surface area contributed by atoms with Crippen molar-refractivity contribution in [3.63, 3.8) is 0 Å². The first kappa shape index (κ1) is 14.1. The lowest BCUT2D eigenvalue weighted by molar-refractivity contribution is 0.251. The molecule has 1 atom stereocenters. The molecule has 2 rings (SSSR count). The van der Waals surface area contributed by atoms with E-state index < -0.39 is 0 Å². The molecular formula is C15H23N3O. The molecule has 1 heterocycles. The molecule has 0 spiro atoms. The number of rotatable bonds is 4. The van der Waals surface area contributed by atoms with Gasteiger partial charge in [-0.3, -0.25) is 0 Å². The van der Waals surface area contributed by atoms with Gasteiger partial charge in [0.15, 0.2) is 5.82 Å². The minimum atomic E-state index is -0.335. The van der Waals surface area contributed by atoms with Crippen molar-refractivity contribution in [2.24, 2.45) is 17.6 Å². The normalized spacial score (nSPS) is 25.2. The van der Waals surface area contributed by atoms with Gasteiger partial charge >= 0.3 is 0 Å². The summed E-state index contributed by atoms with van der Waals surface area (Å²) >= 11 is 0. The molecule has 0 aromatic carbocycles. The maximum Gasteiger partial charge on any atom is 0.244 e. The number of hydrogen-bond acceptors (Lipinski definition) is 4. The van der Waals surface area contributed by atoms with Gasteiger partial charge in [0.05, 0.1) is 6.04 Å². The molecule has 1 aliphatic carbocycles. The molecule has 0 saturated heterocycles. The first-order valence-corrected chi connectivity index (χ1v) is 7.14. The molecule has 0 aliphatic heterocycles. The number of terminal acetylenes is 1. The van der Waals surface area contributed by atoms with Crippen molar-refractivity contribution < 1.29 is 4.52 Å². The zero-order chi connectivity index (χ0) is 13.8. The summed E-state index contributed by atoms with van der Waals surface area (Å²) in [5, 5.41) is 4.08. The van der Waals surface area contributed by atoms with Gasteiger partial charge in [-0.05, 0) is 37.5 Å². The summed E-state index contributed by atoms with van der Waals surface area (Å²) in [6, 6.07) is -0.335. The van der Waals surface area contributed by atoms with Crippen LogP contribution in [0.5, 0.6) is 0 Å². The quantitative estimate of drug-likeness (QED) is 0.846. The van der Waals surface area contributed by atoms with Gasteiger partial charge in [0.25, 0.3) is 0 Å². The Morgan fingerprint density at radius 1 is 1.37 bits per heavy atom. The molecule has 0 radical (unpaired) electrons. The second-order valence-electron chi connectivity index (χ2n) is 5.86. The van der Waals surface area contributed by atoms with Crippen LogP contribution in [0.2, 0.25) is 0 Å². The van der Waals surface area contributed by atoms with E-state index in [9.17, 15) is 0 Å². The van der Waals surface area contributed by atoms with Crippen molar-refractivity contribution in [1.82, 2.24) is 10.1 Å². The third-order valence-corrected chi connectivity index (χ3v) is 4.19. The Bertz CT molecular complexity index is 438. The second kappa shape index (κ2) is 6.21. The lowest BCUT2D eigenvalue weighted by Gasteiger charge is -2.29. The van der Waals surface area contributed by atoms with Crippen LogP contribution >= 0.6 is 0 Å². The molecule has 2 N–H and O–H groups in total. The predicted octanol–water partition coefficient (Wildman–Crippen LogP) is 3.02. The number of nitrogens with two attached hydrogens (primary N) is 1. The maximum atomic E-state index is 5.87. The van der Waals surface area contributed by atoms with Gasteiger partial charge in [-0.1, -0.05) is 19.0 Å². The minimum absolute atomic E-state index is 0.335. The van der Waals surface area contributed by atoms with Crippen LogP contribution in [0.4, 0.5) is 0 Å². The van der Waals surface area contributed by atoms with Crippen molar-refractivity contribution in [2.45, 2.75) is 57.9 Å².